The quantitative estimate of drug-likeness (QED) is 0.538. The maximum atomic E-state index is 10.7. The Kier molecular flexibility index (Phi) is 4.63. The van der Waals surface area contributed by atoms with Gasteiger partial charge in [-0.15, -0.1) is 0 Å². The van der Waals surface area contributed by atoms with Crippen LogP contribution in [0, 0.1) is 6.92 Å². The van der Waals surface area contributed by atoms with Crippen LogP contribution in [0.5, 0.6) is 0 Å². The van der Waals surface area contributed by atoms with Gasteiger partial charge in [-0.2, -0.15) is 0 Å². The second-order valence-corrected chi connectivity index (χ2v) is 6.90. The number of allylic oxidation sites excluding steroid dienone is 3. The van der Waals surface area contributed by atoms with E-state index in [2.05, 4.69) is 59.3 Å². The van der Waals surface area contributed by atoms with Crippen LogP contribution in [-0.2, 0) is 11.2 Å². The van der Waals surface area contributed by atoms with Crippen molar-refractivity contribution in [2.45, 2.75) is 32.7 Å². The summed E-state index contributed by atoms with van der Waals surface area (Å²) in [6.07, 6.45) is 8.46. The number of hydrogen-bond donors (Lipinski definition) is 1. The van der Waals surface area contributed by atoms with Gasteiger partial charge < -0.3 is 9.88 Å². The Morgan fingerprint density at radius 3 is 2.89 bits per heavy atom. The second kappa shape index (κ2) is 7.23. The van der Waals surface area contributed by atoms with Crippen molar-refractivity contribution in [2.24, 2.45) is 0 Å². The average molecular weight is 357 g/mol. The molecule has 1 amide bonds. The number of carbonyl (C=O) groups excluding carboxylic acids is 1. The SMILES string of the molecule is C/C=C\C(=C/NC=O)c1ccc2nc3n(c2c1)C(c1ccccc1C)CC3. The van der Waals surface area contributed by atoms with Crippen molar-refractivity contribution in [1.82, 2.24) is 14.9 Å². The predicted octanol–water partition coefficient (Wildman–Crippen LogP) is 4.54. The molecule has 0 saturated carbocycles. The number of hydrogen-bond acceptors (Lipinski definition) is 2. The molecule has 4 rings (SSSR count). The van der Waals surface area contributed by atoms with Gasteiger partial charge in [0.05, 0.1) is 17.1 Å². The Labute approximate surface area is 159 Å². The maximum Gasteiger partial charge on any atom is 0.211 e. The highest BCUT2D eigenvalue weighted by atomic mass is 16.1. The molecule has 2 heterocycles. The molecule has 1 aliphatic rings. The summed E-state index contributed by atoms with van der Waals surface area (Å²) in [4.78, 5) is 15.6. The molecule has 2 aromatic carbocycles. The summed E-state index contributed by atoms with van der Waals surface area (Å²) in [6.45, 7) is 4.15. The molecular formula is C23H23N3O. The topological polar surface area (TPSA) is 46.9 Å². The zero-order valence-corrected chi connectivity index (χ0v) is 15.6. The largest absolute Gasteiger partial charge is 0.335 e. The lowest BCUT2D eigenvalue weighted by Gasteiger charge is -2.17. The fraction of sp³-hybridized carbons (Fsp3) is 0.217. The summed E-state index contributed by atoms with van der Waals surface area (Å²) >= 11 is 0. The molecule has 1 aliphatic heterocycles. The third-order valence-corrected chi connectivity index (χ3v) is 5.25. The van der Waals surface area contributed by atoms with Crippen molar-refractivity contribution in [1.29, 1.82) is 0 Å². The minimum Gasteiger partial charge on any atom is -0.335 e. The fourth-order valence-electron chi connectivity index (χ4n) is 4.03. The van der Waals surface area contributed by atoms with Crippen LogP contribution >= 0.6 is 0 Å². The number of nitrogens with one attached hydrogen (secondary N) is 1. The van der Waals surface area contributed by atoms with Crippen LogP contribution in [0.25, 0.3) is 16.6 Å². The van der Waals surface area contributed by atoms with E-state index in [0.717, 1.165) is 40.8 Å². The molecule has 136 valence electrons. The molecule has 1 unspecified atom stereocenters. The van der Waals surface area contributed by atoms with Crippen LogP contribution < -0.4 is 5.32 Å². The summed E-state index contributed by atoms with van der Waals surface area (Å²) in [7, 11) is 0. The fourth-order valence-corrected chi connectivity index (χ4v) is 4.03. The van der Waals surface area contributed by atoms with Crippen LogP contribution in [0.15, 0.2) is 60.8 Å². The highest BCUT2D eigenvalue weighted by Crippen LogP contribution is 2.37. The highest BCUT2D eigenvalue weighted by Gasteiger charge is 2.28. The van der Waals surface area contributed by atoms with Crippen molar-refractivity contribution in [3.8, 4) is 0 Å². The van der Waals surface area contributed by atoms with Gasteiger partial charge in [-0.3, -0.25) is 4.79 Å². The molecule has 1 atom stereocenters. The first-order valence-corrected chi connectivity index (χ1v) is 9.32. The van der Waals surface area contributed by atoms with Gasteiger partial charge >= 0.3 is 0 Å². The lowest BCUT2D eigenvalue weighted by molar-refractivity contribution is -0.108. The van der Waals surface area contributed by atoms with Gasteiger partial charge in [0.15, 0.2) is 0 Å². The molecule has 0 aliphatic carbocycles. The van der Waals surface area contributed by atoms with Crippen LogP contribution in [0.2, 0.25) is 0 Å². The predicted molar refractivity (Wildman–Crippen MR) is 109 cm³/mol. The molecule has 1 N–H and O–H groups in total. The van der Waals surface area contributed by atoms with Gasteiger partial charge in [-0.1, -0.05) is 42.5 Å². The minimum absolute atomic E-state index is 0.323. The van der Waals surface area contributed by atoms with Crippen LogP contribution in [0.4, 0.5) is 0 Å². The zero-order valence-electron chi connectivity index (χ0n) is 15.6. The Hall–Kier alpha value is -3.14. The van der Waals surface area contributed by atoms with Crippen molar-refractivity contribution >= 4 is 23.0 Å². The lowest BCUT2D eigenvalue weighted by atomic mass is 9.99. The number of carbonyl (C=O) groups is 1. The van der Waals surface area contributed by atoms with Crippen molar-refractivity contribution < 1.29 is 4.79 Å². The normalized spacial score (nSPS) is 16.8. The number of benzene rings is 2. The van der Waals surface area contributed by atoms with Crippen molar-refractivity contribution in [3.05, 3.63) is 83.3 Å². The van der Waals surface area contributed by atoms with E-state index in [1.54, 1.807) is 6.20 Å². The minimum atomic E-state index is 0.323. The number of amides is 1. The summed E-state index contributed by atoms with van der Waals surface area (Å²) in [6, 6.07) is 15.2. The van der Waals surface area contributed by atoms with Crippen LogP contribution in [0.3, 0.4) is 0 Å². The molecule has 27 heavy (non-hydrogen) atoms. The Bertz CT molecular complexity index is 1060. The summed E-state index contributed by atoms with van der Waals surface area (Å²) in [5.41, 5.74) is 6.89. The highest BCUT2D eigenvalue weighted by molar-refractivity contribution is 5.85. The van der Waals surface area contributed by atoms with E-state index in [9.17, 15) is 4.79 Å². The Morgan fingerprint density at radius 1 is 1.26 bits per heavy atom. The van der Waals surface area contributed by atoms with E-state index in [0.29, 0.717) is 12.5 Å². The second-order valence-electron chi connectivity index (χ2n) is 6.90. The number of rotatable bonds is 5. The Morgan fingerprint density at radius 2 is 2.11 bits per heavy atom. The lowest BCUT2D eigenvalue weighted by Crippen LogP contribution is -2.07. The van der Waals surface area contributed by atoms with E-state index >= 15 is 0 Å². The van der Waals surface area contributed by atoms with Crippen LogP contribution in [0.1, 0.15) is 41.9 Å². The number of aromatic nitrogens is 2. The van der Waals surface area contributed by atoms with Gasteiger partial charge in [0.1, 0.15) is 5.82 Å². The van der Waals surface area contributed by atoms with Gasteiger partial charge in [0.25, 0.3) is 0 Å². The molecular weight excluding hydrogens is 334 g/mol. The van der Waals surface area contributed by atoms with Gasteiger partial charge in [0.2, 0.25) is 6.41 Å². The van der Waals surface area contributed by atoms with E-state index in [4.69, 9.17) is 4.98 Å². The molecule has 3 aromatic rings. The van der Waals surface area contributed by atoms with Gasteiger partial charge in [-0.05, 0) is 54.7 Å². The third-order valence-electron chi connectivity index (χ3n) is 5.25. The van der Waals surface area contributed by atoms with Crippen molar-refractivity contribution in [2.75, 3.05) is 0 Å². The first kappa shape index (κ1) is 17.3. The number of nitrogens with zero attached hydrogens (tertiary/aromatic N) is 2. The van der Waals surface area contributed by atoms with Gasteiger partial charge in [-0.25, -0.2) is 4.98 Å². The molecule has 0 saturated heterocycles. The molecule has 4 heteroatoms. The van der Waals surface area contributed by atoms with E-state index in [1.165, 1.54) is 11.1 Å². The smallest absolute Gasteiger partial charge is 0.211 e. The number of fused-ring (bicyclic) bond motifs is 3. The maximum absolute atomic E-state index is 10.7. The van der Waals surface area contributed by atoms with Crippen LogP contribution in [-0.4, -0.2) is 16.0 Å². The first-order chi connectivity index (χ1) is 13.2. The standard InChI is InChI=1S/C23H23N3O/c1-3-6-18(14-24-15-27)17-9-10-20-22(13-17)26-21(11-12-23(26)25-20)19-8-5-4-7-16(19)2/h3-10,13-15,21H,11-12H2,1-2H3,(H,24,27)/b6-3-,18-14+. The molecule has 0 radical (unpaired) electrons. The van der Waals surface area contributed by atoms with E-state index < -0.39 is 0 Å². The molecule has 1 aromatic heterocycles. The molecule has 0 fully saturated rings. The molecule has 4 nitrogen and oxygen atoms in total. The summed E-state index contributed by atoms with van der Waals surface area (Å²) in [5, 5.41) is 2.65. The van der Waals surface area contributed by atoms with E-state index in [1.807, 2.05) is 19.1 Å². The van der Waals surface area contributed by atoms with Crippen molar-refractivity contribution in [3.63, 3.8) is 0 Å². The zero-order chi connectivity index (χ0) is 18.8. The summed E-state index contributed by atoms with van der Waals surface area (Å²) < 4.78 is 2.39. The monoisotopic (exact) mass is 357 g/mol. The third kappa shape index (κ3) is 3.08. The molecule has 0 spiro atoms. The summed E-state index contributed by atoms with van der Waals surface area (Å²) in [5.74, 6) is 1.15. The first-order valence-electron chi connectivity index (χ1n) is 9.32. The number of imidazole rings is 1. The Balaban J connectivity index is 1.85. The average Bonchev–Trinajstić information content (AvgIpc) is 3.24. The molecule has 0 bridgehead atoms. The van der Waals surface area contributed by atoms with E-state index in [-0.39, 0.29) is 0 Å². The van der Waals surface area contributed by atoms with Gasteiger partial charge in [0, 0.05) is 12.6 Å². The number of aryl methyl sites for hydroxylation is 2.